The number of aliphatic hydroxyl groups is 1. The van der Waals surface area contributed by atoms with Gasteiger partial charge in [-0.25, -0.2) is 12.7 Å². The lowest BCUT2D eigenvalue weighted by Crippen LogP contribution is -2.47. The van der Waals surface area contributed by atoms with Crippen molar-refractivity contribution < 1.29 is 18.3 Å². The van der Waals surface area contributed by atoms with Gasteiger partial charge in [0.1, 0.15) is 0 Å². The van der Waals surface area contributed by atoms with Crippen molar-refractivity contribution in [3.8, 4) is 0 Å². The van der Waals surface area contributed by atoms with Gasteiger partial charge in [-0.15, -0.1) is 0 Å². The number of amides is 1. The van der Waals surface area contributed by atoms with Crippen LogP contribution in [0.4, 0.5) is 0 Å². The Morgan fingerprint density at radius 3 is 2.30 bits per heavy atom. The van der Waals surface area contributed by atoms with Gasteiger partial charge in [-0.1, -0.05) is 0 Å². The first-order valence-corrected chi connectivity index (χ1v) is 8.83. The Morgan fingerprint density at radius 1 is 1.35 bits per heavy atom. The predicted octanol–water partition coefficient (Wildman–Crippen LogP) is 0.277. The molecule has 0 aromatic rings. The van der Waals surface area contributed by atoms with Crippen molar-refractivity contribution in [2.24, 2.45) is 5.92 Å². The van der Waals surface area contributed by atoms with Gasteiger partial charge >= 0.3 is 0 Å². The molecule has 1 heterocycles. The van der Waals surface area contributed by atoms with E-state index < -0.39 is 10.0 Å². The molecular formula is C13H26N2O4S. The van der Waals surface area contributed by atoms with Crippen LogP contribution in [0.3, 0.4) is 0 Å². The third-order valence-corrected chi connectivity index (χ3v) is 5.69. The summed E-state index contributed by atoms with van der Waals surface area (Å²) in [6.07, 6.45) is 1.12. The second-order valence-corrected chi connectivity index (χ2v) is 7.68. The summed E-state index contributed by atoms with van der Waals surface area (Å²) >= 11 is 0. The molecule has 0 spiro atoms. The van der Waals surface area contributed by atoms with Crippen LogP contribution in [-0.4, -0.2) is 66.7 Å². The minimum Gasteiger partial charge on any atom is -0.395 e. The summed E-state index contributed by atoms with van der Waals surface area (Å²) in [4.78, 5) is 14.1. The zero-order valence-corrected chi connectivity index (χ0v) is 13.4. The molecule has 0 aliphatic carbocycles. The van der Waals surface area contributed by atoms with Gasteiger partial charge in [0.25, 0.3) is 0 Å². The van der Waals surface area contributed by atoms with Gasteiger partial charge in [-0.05, 0) is 33.6 Å². The highest BCUT2D eigenvalue weighted by molar-refractivity contribution is 7.89. The minimum absolute atomic E-state index is 0.0302. The molecule has 0 unspecified atom stereocenters. The number of piperidine rings is 1. The van der Waals surface area contributed by atoms with Crippen LogP contribution in [0.15, 0.2) is 0 Å². The molecule has 118 valence electrons. The molecule has 0 saturated carbocycles. The van der Waals surface area contributed by atoms with Crippen LogP contribution < -0.4 is 0 Å². The molecule has 0 radical (unpaired) electrons. The van der Waals surface area contributed by atoms with Crippen molar-refractivity contribution in [3.63, 3.8) is 0 Å². The molecule has 1 N–H and O–H groups in total. The van der Waals surface area contributed by atoms with Crippen molar-refractivity contribution in [2.75, 3.05) is 32.0 Å². The molecule has 7 heteroatoms. The van der Waals surface area contributed by atoms with Crippen molar-refractivity contribution >= 4 is 15.9 Å². The Hall–Kier alpha value is -0.660. The molecule has 0 aromatic carbocycles. The number of nitrogens with zero attached hydrogens (tertiary/aromatic N) is 2. The Labute approximate surface area is 121 Å². The number of hydrogen-bond acceptors (Lipinski definition) is 4. The minimum atomic E-state index is -3.15. The first-order chi connectivity index (χ1) is 9.33. The zero-order chi connectivity index (χ0) is 15.3. The molecular weight excluding hydrogens is 280 g/mol. The summed E-state index contributed by atoms with van der Waals surface area (Å²) in [7, 11) is -3.15. The highest BCUT2D eigenvalue weighted by Crippen LogP contribution is 2.22. The van der Waals surface area contributed by atoms with Crippen molar-refractivity contribution in [1.29, 1.82) is 0 Å². The van der Waals surface area contributed by atoms with E-state index in [1.165, 1.54) is 4.31 Å². The number of aliphatic hydroxyl groups excluding tert-OH is 1. The van der Waals surface area contributed by atoms with Crippen LogP contribution in [0, 0.1) is 5.92 Å². The number of carbonyl (C=O) groups is 1. The monoisotopic (exact) mass is 306 g/mol. The first-order valence-electron chi connectivity index (χ1n) is 7.22. The number of sulfonamides is 1. The molecule has 1 aliphatic rings. The number of carbonyl (C=O) groups excluding carboxylic acids is 1. The zero-order valence-electron chi connectivity index (χ0n) is 12.6. The second kappa shape index (κ2) is 7.38. The summed E-state index contributed by atoms with van der Waals surface area (Å²) in [6.45, 7) is 6.59. The summed E-state index contributed by atoms with van der Waals surface area (Å²) in [5.41, 5.74) is 0. The highest BCUT2D eigenvalue weighted by Gasteiger charge is 2.32. The normalized spacial score (nSPS) is 18.4. The van der Waals surface area contributed by atoms with E-state index in [4.69, 9.17) is 5.11 Å². The second-order valence-electron chi connectivity index (χ2n) is 5.42. The Morgan fingerprint density at radius 2 is 1.90 bits per heavy atom. The van der Waals surface area contributed by atoms with E-state index in [0.717, 1.165) is 0 Å². The molecule has 1 fully saturated rings. The average Bonchev–Trinajstić information content (AvgIpc) is 2.44. The largest absolute Gasteiger partial charge is 0.395 e. The molecule has 1 amide bonds. The van der Waals surface area contributed by atoms with Crippen LogP contribution in [0.1, 0.15) is 33.6 Å². The van der Waals surface area contributed by atoms with Gasteiger partial charge in [0.05, 0.1) is 12.4 Å². The molecule has 0 atom stereocenters. The summed E-state index contributed by atoms with van der Waals surface area (Å²) in [5.74, 6) is 0.00341. The number of rotatable bonds is 6. The first kappa shape index (κ1) is 17.4. The van der Waals surface area contributed by atoms with Gasteiger partial charge in [0.15, 0.2) is 0 Å². The fourth-order valence-electron chi connectivity index (χ4n) is 2.53. The van der Waals surface area contributed by atoms with E-state index in [9.17, 15) is 13.2 Å². The number of hydrogen-bond donors (Lipinski definition) is 1. The quantitative estimate of drug-likeness (QED) is 0.764. The maximum absolute atomic E-state index is 12.4. The maximum Gasteiger partial charge on any atom is 0.226 e. The van der Waals surface area contributed by atoms with Crippen LogP contribution in [0.2, 0.25) is 0 Å². The van der Waals surface area contributed by atoms with E-state index >= 15 is 0 Å². The van der Waals surface area contributed by atoms with E-state index in [0.29, 0.717) is 32.5 Å². The Balaban J connectivity index is 2.62. The Bertz CT molecular complexity index is 414. The van der Waals surface area contributed by atoms with Crippen LogP contribution >= 0.6 is 0 Å². The van der Waals surface area contributed by atoms with Crippen LogP contribution in [0.5, 0.6) is 0 Å². The van der Waals surface area contributed by atoms with Crippen LogP contribution in [0.25, 0.3) is 0 Å². The SMILES string of the molecule is CCS(=O)(=O)N1CCC(C(=O)N(CCO)C(C)C)CC1. The fraction of sp³-hybridized carbons (Fsp3) is 0.923. The van der Waals surface area contributed by atoms with Gasteiger partial charge in [-0.2, -0.15) is 0 Å². The lowest BCUT2D eigenvalue weighted by Gasteiger charge is -2.35. The van der Waals surface area contributed by atoms with Gasteiger partial charge in [0.2, 0.25) is 15.9 Å². The van der Waals surface area contributed by atoms with Crippen LogP contribution in [-0.2, 0) is 14.8 Å². The third kappa shape index (κ3) is 4.17. The molecule has 1 aliphatic heterocycles. The standard InChI is InChI=1S/C13H26N2O4S/c1-4-20(18,19)14-7-5-12(6-8-14)13(17)15(9-10-16)11(2)3/h11-12,16H,4-10H2,1-3H3. The molecule has 6 nitrogen and oxygen atoms in total. The molecule has 0 aromatic heterocycles. The van der Waals surface area contributed by atoms with Gasteiger partial charge in [0, 0.05) is 31.6 Å². The summed E-state index contributed by atoms with van der Waals surface area (Å²) in [6, 6.07) is 0.0482. The van der Waals surface area contributed by atoms with Gasteiger partial charge in [-0.3, -0.25) is 4.79 Å². The molecule has 1 saturated heterocycles. The predicted molar refractivity (Wildman–Crippen MR) is 77.7 cm³/mol. The Kier molecular flexibility index (Phi) is 6.42. The van der Waals surface area contributed by atoms with Crippen molar-refractivity contribution in [2.45, 2.75) is 39.7 Å². The van der Waals surface area contributed by atoms with Gasteiger partial charge < -0.3 is 10.0 Å². The van der Waals surface area contributed by atoms with E-state index in [1.54, 1.807) is 11.8 Å². The molecule has 20 heavy (non-hydrogen) atoms. The summed E-state index contributed by atoms with van der Waals surface area (Å²) < 4.78 is 25.0. The highest BCUT2D eigenvalue weighted by atomic mass is 32.2. The average molecular weight is 306 g/mol. The van der Waals surface area contributed by atoms with Crippen molar-refractivity contribution in [1.82, 2.24) is 9.21 Å². The maximum atomic E-state index is 12.4. The van der Waals surface area contributed by atoms with Crippen molar-refractivity contribution in [3.05, 3.63) is 0 Å². The van der Waals surface area contributed by atoms with E-state index in [-0.39, 0.29) is 30.2 Å². The fourth-order valence-corrected chi connectivity index (χ4v) is 3.66. The van der Waals surface area contributed by atoms with E-state index in [2.05, 4.69) is 0 Å². The molecule has 0 bridgehead atoms. The van der Waals surface area contributed by atoms with E-state index in [1.807, 2.05) is 13.8 Å². The topological polar surface area (TPSA) is 77.9 Å². The smallest absolute Gasteiger partial charge is 0.226 e. The lowest BCUT2D eigenvalue weighted by atomic mass is 9.96. The summed E-state index contributed by atoms with van der Waals surface area (Å²) in [5, 5.41) is 9.03. The lowest BCUT2D eigenvalue weighted by molar-refractivity contribution is -0.139. The third-order valence-electron chi connectivity index (χ3n) is 3.81. The molecule has 1 rings (SSSR count).